The Labute approximate surface area is 119 Å². The molecule has 0 spiro atoms. The minimum Gasteiger partial charge on any atom is -0.323 e. The first-order valence-corrected chi connectivity index (χ1v) is 8.09. The first-order valence-electron chi connectivity index (χ1n) is 8.09. The maximum absolute atomic E-state index is 12.6. The highest BCUT2D eigenvalue weighted by Crippen LogP contribution is 2.24. The Morgan fingerprint density at radius 2 is 1.84 bits per heavy atom. The molecule has 1 aliphatic rings. The van der Waals surface area contributed by atoms with E-state index in [2.05, 4.69) is 44.8 Å². The smallest absolute Gasteiger partial charge is 0.241 e. The van der Waals surface area contributed by atoms with Crippen LogP contribution < -0.4 is 5.32 Å². The van der Waals surface area contributed by atoms with Crippen LogP contribution in [0.15, 0.2) is 0 Å². The largest absolute Gasteiger partial charge is 0.323 e. The second-order valence-electron chi connectivity index (χ2n) is 6.39. The van der Waals surface area contributed by atoms with E-state index in [9.17, 15) is 4.79 Å². The Hall–Kier alpha value is -0.570. The fraction of sp³-hybridized carbons (Fsp3) is 0.938. The van der Waals surface area contributed by atoms with Crippen molar-refractivity contribution in [3.63, 3.8) is 0 Å². The SMILES string of the molecule is CCCCC1NC(CCC)N(C(C)CC(C)C)C1=O. The molecule has 0 aliphatic carbocycles. The highest BCUT2D eigenvalue weighted by atomic mass is 16.2. The molecular weight excluding hydrogens is 236 g/mol. The molecule has 0 bridgehead atoms. The fourth-order valence-corrected chi connectivity index (χ4v) is 3.15. The fourth-order valence-electron chi connectivity index (χ4n) is 3.15. The summed E-state index contributed by atoms with van der Waals surface area (Å²) in [7, 11) is 0. The second kappa shape index (κ2) is 7.88. The van der Waals surface area contributed by atoms with Gasteiger partial charge in [-0.2, -0.15) is 0 Å². The highest BCUT2D eigenvalue weighted by Gasteiger charge is 2.40. The molecule has 0 aromatic heterocycles. The molecule has 0 saturated carbocycles. The van der Waals surface area contributed by atoms with Crippen LogP contribution in [0.2, 0.25) is 0 Å². The maximum atomic E-state index is 12.6. The first kappa shape index (κ1) is 16.5. The van der Waals surface area contributed by atoms with Gasteiger partial charge in [0.05, 0.1) is 12.2 Å². The standard InChI is InChI=1S/C16H32N2O/c1-6-8-10-14-16(19)18(13(5)11-12(3)4)15(17-14)9-7-2/h12-15,17H,6-11H2,1-5H3. The van der Waals surface area contributed by atoms with Crippen molar-refractivity contribution in [1.29, 1.82) is 0 Å². The number of carbonyl (C=O) groups is 1. The van der Waals surface area contributed by atoms with Gasteiger partial charge in [0.25, 0.3) is 0 Å². The molecular formula is C16H32N2O. The van der Waals surface area contributed by atoms with Crippen molar-refractivity contribution in [1.82, 2.24) is 10.2 Å². The van der Waals surface area contributed by atoms with Crippen LogP contribution in [0.3, 0.4) is 0 Å². The van der Waals surface area contributed by atoms with Crippen molar-refractivity contribution in [2.45, 2.75) is 91.4 Å². The Kier molecular flexibility index (Phi) is 6.84. The number of nitrogens with zero attached hydrogens (tertiary/aromatic N) is 1. The zero-order valence-electron chi connectivity index (χ0n) is 13.4. The number of amides is 1. The molecule has 1 fully saturated rings. The Bertz CT molecular complexity index is 278. The number of nitrogens with one attached hydrogen (secondary N) is 1. The molecule has 3 atom stereocenters. The molecule has 1 saturated heterocycles. The van der Waals surface area contributed by atoms with Crippen LogP contribution in [0.4, 0.5) is 0 Å². The molecule has 1 aliphatic heterocycles. The predicted octanol–water partition coefficient (Wildman–Crippen LogP) is 3.54. The summed E-state index contributed by atoms with van der Waals surface area (Å²) >= 11 is 0. The van der Waals surface area contributed by atoms with Gasteiger partial charge in [-0.1, -0.05) is 47.0 Å². The van der Waals surface area contributed by atoms with Gasteiger partial charge in [0.2, 0.25) is 5.91 Å². The molecule has 19 heavy (non-hydrogen) atoms. The summed E-state index contributed by atoms with van der Waals surface area (Å²) in [6, 6.07) is 0.411. The topological polar surface area (TPSA) is 32.3 Å². The van der Waals surface area contributed by atoms with Gasteiger partial charge in [0, 0.05) is 6.04 Å². The number of carbonyl (C=O) groups excluding carboxylic acids is 1. The average molecular weight is 268 g/mol. The summed E-state index contributed by atoms with van der Waals surface area (Å²) in [5, 5.41) is 3.56. The summed E-state index contributed by atoms with van der Waals surface area (Å²) < 4.78 is 0. The summed E-state index contributed by atoms with van der Waals surface area (Å²) in [4.78, 5) is 14.7. The van der Waals surface area contributed by atoms with E-state index in [4.69, 9.17) is 0 Å². The van der Waals surface area contributed by atoms with Crippen LogP contribution in [-0.2, 0) is 4.79 Å². The lowest BCUT2D eigenvalue weighted by molar-refractivity contribution is -0.132. The van der Waals surface area contributed by atoms with E-state index in [1.165, 1.54) is 0 Å². The van der Waals surface area contributed by atoms with Crippen LogP contribution in [0, 0.1) is 5.92 Å². The van der Waals surface area contributed by atoms with Crippen molar-refractivity contribution in [3.05, 3.63) is 0 Å². The van der Waals surface area contributed by atoms with Crippen molar-refractivity contribution in [2.75, 3.05) is 0 Å². The molecule has 1 rings (SSSR count). The quantitative estimate of drug-likeness (QED) is 0.730. The zero-order valence-corrected chi connectivity index (χ0v) is 13.4. The Balaban J connectivity index is 2.70. The molecule has 1 amide bonds. The minimum absolute atomic E-state index is 0.0612. The molecule has 112 valence electrons. The van der Waals surface area contributed by atoms with Gasteiger partial charge in [0.1, 0.15) is 0 Å². The predicted molar refractivity (Wildman–Crippen MR) is 80.9 cm³/mol. The van der Waals surface area contributed by atoms with E-state index >= 15 is 0 Å². The summed E-state index contributed by atoms with van der Waals surface area (Å²) in [6.45, 7) is 11.0. The van der Waals surface area contributed by atoms with Gasteiger partial charge in [0.15, 0.2) is 0 Å². The van der Waals surface area contributed by atoms with E-state index in [0.29, 0.717) is 17.9 Å². The third-order valence-electron chi connectivity index (χ3n) is 3.98. The van der Waals surface area contributed by atoms with Gasteiger partial charge in [-0.25, -0.2) is 0 Å². The first-order chi connectivity index (χ1) is 9.01. The van der Waals surface area contributed by atoms with Gasteiger partial charge in [-0.15, -0.1) is 0 Å². The average Bonchev–Trinajstić information content (AvgIpc) is 2.63. The molecule has 1 N–H and O–H groups in total. The van der Waals surface area contributed by atoms with E-state index in [-0.39, 0.29) is 12.2 Å². The molecule has 0 radical (unpaired) electrons. The van der Waals surface area contributed by atoms with E-state index in [0.717, 1.165) is 38.5 Å². The van der Waals surface area contributed by atoms with Gasteiger partial charge in [-0.3, -0.25) is 10.1 Å². The third kappa shape index (κ3) is 4.48. The number of hydrogen-bond donors (Lipinski definition) is 1. The Morgan fingerprint density at radius 3 is 2.37 bits per heavy atom. The summed E-state index contributed by atoms with van der Waals surface area (Å²) in [6.07, 6.45) is 6.81. The van der Waals surface area contributed by atoms with Gasteiger partial charge >= 0.3 is 0 Å². The van der Waals surface area contributed by atoms with Crippen LogP contribution in [-0.4, -0.2) is 29.1 Å². The molecule has 3 heteroatoms. The van der Waals surface area contributed by atoms with Crippen molar-refractivity contribution in [3.8, 4) is 0 Å². The Morgan fingerprint density at radius 1 is 1.16 bits per heavy atom. The van der Waals surface area contributed by atoms with Crippen LogP contribution in [0.5, 0.6) is 0 Å². The number of rotatable bonds is 8. The van der Waals surface area contributed by atoms with Crippen LogP contribution in [0.25, 0.3) is 0 Å². The van der Waals surface area contributed by atoms with Crippen LogP contribution >= 0.6 is 0 Å². The van der Waals surface area contributed by atoms with E-state index in [1.807, 2.05) is 0 Å². The second-order valence-corrected chi connectivity index (χ2v) is 6.39. The molecule has 0 aromatic rings. The highest BCUT2D eigenvalue weighted by molar-refractivity contribution is 5.84. The summed E-state index contributed by atoms with van der Waals surface area (Å²) in [5.41, 5.74) is 0. The number of hydrogen-bond acceptors (Lipinski definition) is 2. The molecule has 1 heterocycles. The van der Waals surface area contributed by atoms with Crippen molar-refractivity contribution >= 4 is 5.91 Å². The van der Waals surface area contributed by atoms with Crippen molar-refractivity contribution < 1.29 is 4.79 Å². The maximum Gasteiger partial charge on any atom is 0.241 e. The molecule has 3 unspecified atom stereocenters. The lowest BCUT2D eigenvalue weighted by atomic mass is 10.0. The lowest BCUT2D eigenvalue weighted by Gasteiger charge is -2.31. The van der Waals surface area contributed by atoms with Crippen molar-refractivity contribution in [2.24, 2.45) is 5.92 Å². The lowest BCUT2D eigenvalue weighted by Crippen LogP contribution is -2.43. The number of unbranched alkanes of at least 4 members (excludes halogenated alkanes) is 1. The van der Waals surface area contributed by atoms with E-state index < -0.39 is 0 Å². The van der Waals surface area contributed by atoms with Gasteiger partial charge in [-0.05, 0) is 32.1 Å². The van der Waals surface area contributed by atoms with Gasteiger partial charge < -0.3 is 4.90 Å². The van der Waals surface area contributed by atoms with E-state index in [1.54, 1.807) is 0 Å². The normalized spacial score (nSPS) is 25.4. The zero-order chi connectivity index (χ0) is 14.4. The monoisotopic (exact) mass is 268 g/mol. The van der Waals surface area contributed by atoms with Crippen LogP contribution in [0.1, 0.15) is 73.1 Å². The molecule has 3 nitrogen and oxygen atoms in total. The molecule has 0 aromatic carbocycles. The minimum atomic E-state index is 0.0612. The third-order valence-corrected chi connectivity index (χ3v) is 3.98. The summed E-state index contributed by atoms with van der Waals surface area (Å²) in [5.74, 6) is 0.972.